The second-order valence-electron chi connectivity index (χ2n) is 5.38. The van der Waals surface area contributed by atoms with Gasteiger partial charge in [-0.05, 0) is 49.9 Å². The minimum Gasteiger partial charge on any atom is -0.459 e. The molecule has 0 spiro atoms. The van der Waals surface area contributed by atoms with Crippen molar-refractivity contribution in [3.63, 3.8) is 0 Å². The first-order valence-electron chi connectivity index (χ1n) is 6.62. The molecule has 3 nitrogen and oxygen atoms in total. The summed E-state index contributed by atoms with van der Waals surface area (Å²) in [4.78, 5) is 0. The first-order valence-corrected chi connectivity index (χ1v) is 6.62. The highest BCUT2D eigenvalue weighted by atomic mass is 19.1. The Morgan fingerprint density at radius 1 is 1.42 bits per heavy atom. The van der Waals surface area contributed by atoms with Gasteiger partial charge in [-0.3, -0.25) is 0 Å². The number of rotatable bonds is 4. The van der Waals surface area contributed by atoms with E-state index in [-0.39, 0.29) is 17.5 Å². The molecule has 1 heterocycles. The van der Waals surface area contributed by atoms with Gasteiger partial charge >= 0.3 is 0 Å². The van der Waals surface area contributed by atoms with Gasteiger partial charge in [0.2, 0.25) is 0 Å². The van der Waals surface area contributed by atoms with Crippen LogP contribution in [-0.4, -0.2) is 12.7 Å². The molecule has 19 heavy (non-hydrogen) atoms. The first kappa shape index (κ1) is 12.6. The summed E-state index contributed by atoms with van der Waals surface area (Å²) in [6.45, 7) is 0. The normalized spacial score (nSPS) is 19.3. The molecule has 0 saturated heterocycles. The number of fused-ring (bicyclic) bond motifs is 1. The van der Waals surface area contributed by atoms with Crippen LogP contribution in [0.4, 0.5) is 4.39 Å². The van der Waals surface area contributed by atoms with Crippen molar-refractivity contribution in [2.24, 2.45) is 5.73 Å². The van der Waals surface area contributed by atoms with Crippen LogP contribution >= 0.6 is 0 Å². The molecule has 1 aliphatic carbocycles. The lowest BCUT2D eigenvalue weighted by Crippen LogP contribution is -2.41. The average molecular weight is 263 g/mol. The molecule has 1 aliphatic rings. The third-order valence-electron chi connectivity index (χ3n) is 4.15. The molecule has 2 aromatic rings. The molecule has 1 fully saturated rings. The van der Waals surface area contributed by atoms with Crippen molar-refractivity contribution in [1.29, 1.82) is 0 Å². The van der Waals surface area contributed by atoms with Crippen LogP contribution in [0.3, 0.4) is 0 Å². The number of hydrogen-bond donors (Lipinski definition) is 1. The SMILES string of the molecule is COC1(CC(N)c2cc3cc(F)ccc3o2)CCC1. The number of benzene rings is 1. The maximum absolute atomic E-state index is 13.1. The van der Waals surface area contributed by atoms with Crippen molar-refractivity contribution < 1.29 is 13.5 Å². The zero-order valence-electron chi connectivity index (χ0n) is 11.0. The van der Waals surface area contributed by atoms with Crippen molar-refractivity contribution in [3.05, 3.63) is 35.8 Å². The number of ether oxygens (including phenoxy) is 1. The number of furan rings is 1. The van der Waals surface area contributed by atoms with Crippen molar-refractivity contribution in [1.82, 2.24) is 0 Å². The summed E-state index contributed by atoms with van der Waals surface area (Å²) >= 11 is 0. The van der Waals surface area contributed by atoms with E-state index in [4.69, 9.17) is 14.9 Å². The summed E-state index contributed by atoms with van der Waals surface area (Å²) in [5.74, 6) is 0.435. The Morgan fingerprint density at radius 2 is 2.21 bits per heavy atom. The summed E-state index contributed by atoms with van der Waals surface area (Å²) in [7, 11) is 1.74. The van der Waals surface area contributed by atoms with Crippen LogP contribution in [0, 0.1) is 5.82 Å². The van der Waals surface area contributed by atoms with Crippen LogP contribution in [-0.2, 0) is 4.74 Å². The van der Waals surface area contributed by atoms with Gasteiger partial charge in [0.05, 0.1) is 11.6 Å². The Kier molecular flexibility index (Phi) is 3.07. The monoisotopic (exact) mass is 263 g/mol. The molecule has 0 radical (unpaired) electrons. The standard InChI is InChI=1S/C15H18FNO2/c1-18-15(5-2-6-15)9-12(17)14-8-10-7-11(16)3-4-13(10)19-14/h3-4,7-8,12H,2,5-6,9,17H2,1H3. The van der Waals surface area contributed by atoms with Gasteiger partial charge in [0.25, 0.3) is 0 Å². The number of nitrogens with two attached hydrogens (primary N) is 1. The van der Waals surface area contributed by atoms with E-state index in [0.717, 1.165) is 24.6 Å². The van der Waals surface area contributed by atoms with Crippen LogP contribution in [0.1, 0.15) is 37.5 Å². The van der Waals surface area contributed by atoms with Crippen molar-refractivity contribution in [2.75, 3.05) is 7.11 Å². The van der Waals surface area contributed by atoms with Crippen LogP contribution in [0.15, 0.2) is 28.7 Å². The topological polar surface area (TPSA) is 48.4 Å². The molecule has 1 unspecified atom stereocenters. The van der Waals surface area contributed by atoms with Gasteiger partial charge in [-0.15, -0.1) is 0 Å². The Labute approximate surface area is 111 Å². The molecule has 0 aliphatic heterocycles. The molecule has 2 N–H and O–H groups in total. The highest BCUT2D eigenvalue weighted by molar-refractivity contribution is 5.78. The molecule has 102 valence electrons. The van der Waals surface area contributed by atoms with E-state index in [1.807, 2.05) is 6.07 Å². The fourth-order valence-corrected chi connectivity index (χ4v) is 2.78. The molecule has 0 bridgehead atoms. The third-order valence-corrected chi connectivity index (χ3v) is 4.15. The molecule has 3 rings (SSSR count). The Balaban J connectivity index is 1.83. The van der Waals surface area contributed by atoms with Crippen LogP contribution in [0.2, 0.25) is 0 Å². The summed E-state index contributed by atoms with van der Waals surface area (Å²) in [5.41, 5.74) is 6.78. The van der Waals surface area contributed by atoms with E-state index in [2.05, 4.69) is 0 Å². The predicted octanol–water partition coefficient (Wildman–Crippen LogP) is 3.53. The minimum atomic E-state index is -0.263. The first-order chi connectivity index (χ1) is 9.12. The number of halogens is 1. The van der Waals surface area contributed by atoms with Gasteiger partial charge in [0.15, 0.2) is 0 Å². The van der Waals surface area contributed by atoms with Gasteiger partial charge in [0.1, 0.15) is 17.2 Å². The lowest BCUT2D eigenvalue weighted by molar-refractivity contribution is -0.0825. The van der Waals surface area contributed by atoms with E-state index in [9.17, 15) is 4.39 Å². The lowest BCUT2D eigenvalue weighted by Gasteiger charge is -2.41. The molecular weight excluding hydrogens is 245 g/mol. The van der Waals surface area contributed by atoms with Crippen molar-refractivity contribution >= 4 is 11.0 Å². The minimum absolute atomic E-state index is 0.0936. The number of hydrogen-bond acceptors (Lipinski definition) is 3. The summed E-state index contributed by atoms with van der Waals surface area (Å²) in [6, 6.07) is 6.10. The maximum atomic E-state index is 13.1. The third kappa shape index (κ3) is 2.26. The quantitative estimate of drug-likeness (QED) is 0.918. The second kappa shape index (κ2) is 4.62. The van der Waals surface area contributed by atoms with E-state index < -0.39 is 0 Å². The largest absolute Gasteiger partial charge is 0.459 e. The smallest absolute Gasteiger partial charge is 0.134 e. The van der Waals surface area contributed by atoms with Gasteiger partial charge < -0.3 is 14.9 Å². The van der Waals surface area contributed by atoms with Crippen LogP contribution < -0.4 is 5.73 Å². The van der Waals surface area contributed by atoms with Gasteiger partial charge in [-0.1, -0.05) is 0 Å². The highest BCUT2D eigenvalue weighted by Gasteiger charge is 2.39. The highest BCUT2D eigenvalue weighted by Crippen LogP contribution is 2.41. The summed E-state index contributed by atoms with van der Waals surface area (Å²) in [6.07, 6.45) is 4.02. The Morgan fingerprint density at radius 3 is 2.84 bits per heavy atom. The second-order valence-corrected chi connectivity index (χ2v) is 5.38. The van der Waals surface area contributed by atoms with E-state index in [1.54, 1.807) is 13.2 Å². The maximum Gasteiger partial charge on any atom is 0.134 e. The fourth-order valence-electron chi connectivity index (χ4n) is 2.78. The molecule has 4 heteroatoms. The summed E-state index contributed by atoms with van der Waals surface area (Å²) in [5, 5.41) is 0.755. The Hall–Kier alpha value is -1.39. The van der Waals surface area contributed by atoms with Crippen LogP contribution in [0.5, 0.6) is 0 Å². The zero-order chi connectivity index (χ0) is 13.5. The fraction of sp³-hybridized carbons (Fsp3) is 0.467. The van der Waals surface area contributed by atoms with Crippen LogP contribution in [0.25, 0.3) is 11.0 Å². The summed E-state index contributed by atoms with van der Waals surface area (Å²) < 4.78 is 24.4. The van der Waals surface area contributed by atoms with Crippen molar-refractivity contribution in [2.45, 2.75) is 37.3 Å². The van der Waals surface area contributed by atoms with E-state index >= 15 is 0 Å². The zero-order valence-corrected chi connectivity index (χ0v) is 11.0. The van der Waals surface area contributed by atoms with E-state index in [0.29, 0.717) is 11.3 Å². The molecule has 1 atom stereocenters. The van der Waals surface area contributed by atoms with Gasteiger partial charge in [0, 0.05) is 12.5 Å². The molecule has 0 amide bonds. The predicted molar refractivity (Wildman–Crippen MR) is 71.3 cm³/mol. The molecular formula is C15H18FNO2. The Bertz CT molecular complexity index is 583. The lowest BCUT2D eigenvalue weighted by atomic mass is 9.75. The van der Waals surface area contributed by atoms with Gasteiger partial charge in [-0.25, -0.2) is 4.39 Å². The molecule has 1 saturated carbocycles. The van der Waals surface area contributed by atoms with E-state index in [1.165, 1.54) is 18.6 Å². The van der Waals surface area contributed by atoms with Gasteiger partial charge in [-0.2, -0.15) is 0 Å². The molecule has 1 aromatic heterocycles. The average Bonchev–Trinajstić information content (AvgIpc) is 2.76. The van der Waals surface area contributed by atoms with Crippen molar-refractivity contribution in [3.8, 4) is 0 Å². The number of methoxy groups -OCH3 is 1. The molecule has 1 aromatic carbocycles.